The maximum Gasteiger partial charge on any atom is 0.343 e. The summed E-state index contributed by atoms with van der Waals surface area (Å²) in [4.78, 5) is 37.2. The fourth-order valence-electron chi connectivity index (χ4n) is 4.48. The summed E-state index contributed by atoms with van der Waals surface area (Å²) in [7, 11) is 0. The second kappa shape index (κ2) is 19.1. The Morgan fingerprint density at radius 3 is 1.62 bits per heavy atom. The molecule has 4 rings (SSSR count). The van der Waals surface area contributed by atoms with E-state index in [4.69, 9.17) is 37.9 Å². The monoisotopic (exact) mass is 692 g/mol. The molecular formula is C39H48O11. The highest BCUT2D eigenvalue weighted by Crippen LogP contribution is 2.27. The maximum absolute atomic E-state index is 12.6. The second-order valence-corrected chi connectivity index (χ2v) is 13.0. The Kier molecular flexibility index (Phi) is 14.6. The summed E-state index contributed by atoms with van der Waals surface area (Å²) in [5.74, 6) is 0.537. The van der Waals surface area contributed by atoms with Crippen LogP contribution in [0.3, 0.4) is 0 Å². The van der Waals surface area contributed by atoms with E-state index in [0.717, 1.165) is 32.7 Å². The van der Waals surface area contributed by atoms with Gasteiger partial charge in [0.25, 0.3) is 0 Å². The van der Waals surface area contributed by atoms with Gasteiger partial charge in [0.2, 0.25) is 0 Å². The third-order valence-electron chi connectivity index (χ3n) is 8.12. The Hall–Kier alpha value is -4.45. The molecule has 0 radical (unpaired) electrons. The van der Waals surface area contributed by atoms with Crippen molar-refractivity contribution >= 4 is 17.9 Å². The van der Waals surface area contributed by atoms with E-state index in [-0.39, 0.29) is 24.6 Å². The lowest BCUT2D eigenvalue weighted by atomic mass is 9.90. The summed E-state index contributed by atoms with van der Waals surface area (Å²) in [6.45, 7) is 12.4. The number of hydrogen-bond donors (Lipinski definition) is 0. The zero-order valence-electron chi connectivity index (χ0n) is 29.4. The minimum Gasteiger partial charge on any atom is -0.494 e. The van der Waals surface area contributed by atoms with Crippen LogP contribution in [-0.2, 0) is 23.7 Å². The van der Waals surface area contributed by atoms with E-state index >= 15 is 0 Å². The average Bonchev–Trinajstić information content (AvgIpc) is 3.11. The lowest BCUT2D eigenvalue weighted by Crippen LogP contribution is -2.43. The fourth-order valence-corrected chi connectivity index (χ4v) is 4.48. The summed E-state index contributed by atoms with van der Waals surface area (Å²) in [6, 6.07) is 19.5. The highest BCUT2D eigenvalue weighted by Gasteiger charge is 2.33. The quantitative estimate of drug-likeness (QED) is 0.0672. The van der Waals surface area contributed by atoms with Crippen molar-refractivity contribution in [2.75, 3.05) is 59.5 Å². The van der Waals surface area contributed by atoms with Crippen LogP contribution in [0, 0.1) is 10.8 Å². The molecule has 1 aliphatic rings. The van der Waals surface area contributed by atoms with Gasteiger partial charge in [0.1, 0.15) is 36.2 Å². The molecule has 3 aromatic carbocycles. The highest BCUT2D eigenvalue weighted by molar-refractivity contribution is 5.92. The molecule has 0 bridgehead atoms. The number of benzene rings is 3. The minimum absolute atomic E-state index is 0.163. The van der Waals surface area contributed by atoms with Crippen molar-refractivity contribution in [3.05, 3.63) is 83.9 Å². The number of esters is 3. The SMILES string of the molecule is CCC(C)(C)C(=O)OCCOCCOc1ccc(C(=O)Oc2ccc(OC(=O)c3ccc(OCCCCOCC4(C)COC4)cc3)cc2)cc1. The van der Waals surface area contributed by atoms with Gasteiger partial charge >= 0.3 is 17.9 Å². The van der Waals surface area contributed by atoms with Gasteiger partial charge in [0.05, 0.1) is 56.2 Å². The Labute approximate surface area is 294 Å². The van der Waals surface area contributed by atoms with Crippen LogP contribution < -0.4 is 18.9 Å². The van der Waals surface area contributed by atoms with Crippen molar-refractivity contribution in [2.24, 2.45) is 10.8 Å². The Bertz CT molecular complexity index is 1490. The van der Waals surface area contributed by atoms with E-state index in [9.17, 15) is 14.4 Å². The molecule has 0 atom stereocenters. The van der Waals surface area contributed by atoms with Crippen LogP contribution in [0.5, 0.6) is 23.0 Å². The van der Waals surface area contributed by atoms with Crippen LogP contribution in [0.15, 0.2) is 72.8 Å². The van der Waals surface area contributed by atoms with Crippen LogP contribution in [-0.4, -0.2) is 77.4 Å². The largest absolute Gasteiger partial charge is 0.494 e. The molecule has 0 unspecified atom stereocenters. The van der Waals surface area contributed by atoms with Gasteiger partial charge in [0.15, 0.2) is 0 Å². The third-order valence-corrected chi connectivity index (χ3v) is 8.12. The number of unbranched alkanes of at least 4 members (excludes halogenated alkanes) is 1. The first kappa shape index (κ1) is 38.4. The topological polar surface area (TPSA) is 125 Å². The normalized spacial score (nSPS) is 13.5. The zero-order chi connectivity index (χ0) is 35.8. The molecule has 0 amide bonds. The standard InChI is InChI=1S/C39H48O11/c1-5-38(2,3)37(42)48-25-23-43-22-24-47-32-14-10-30(11-15-32)36(41)50-34-18-16-33(17-19-34)49-35(40)29-8-12-31(13-9-29)46-21-7-6-20-44-26-39(4)27-45-28-39/h8-19H,5-7,20-28H2,1-4H3. The second-order valence-electron chi connectivity index (χ2n) is 13.0. The third kappa shape index (κ3) is 12.5. The zero-order valence-corrected chi connectivity index (χ0v) is 29.4. The smallest absolute Gasteiger partial charge is 0.343 e. The Morgan fingerprint density at radius 1 is 0.640 bits per heavy atom. The van der Waals surface area contributed by atoms with Gasteiger partial charge in [-0.1, -0.05) is 13.8 Å². The molecule has 1 saturated heterocycles. The van der Waals surface area contributed by atoms with Crippen LogP contribution in [0.2, 0.25) is 0 Å². The van der Waals surface area contributed by atoms with Gasteiger partial charge in [-0.2, -0.15) is 0 Å². The lowest BCUT2D eigenvalue weighted by Gasteiger charge is -2.37. The molecule has 1 aliphatic heterocycles. The molecule has 1 heterocycles. The molecule has 0 aliphatic carbocycles. The van der Waals surface area contributed by atoms with Crippen molar-refractivity contribution in [3.8, 4) is 23.0 Å². The van der Waals surface area contributed by atoms with Crippen LogP contribution >= 0.6 is 0 Å². The van der Waals surface area contributed by atoms with E-state index in [1.165, 1.54) is 0 Å². The Balaban J connectivity index is 1.09. The fraction of sp³-hybridized carbons (Fsp3) is 0.462. The molecule has 0 N–H and O–H groups in total. The number of hydrogen-bond acceptors (Lipinski definition) is 11. The molecular weight excluding hydrogens is 644 g/mol. The molecule has 11 nitrogen and oxygen atoms in total. The number of ether oxygens (including phenoxy) is 8. The number of rotatable bonds is 21. The lowest BCUT2D eigenvalue weighted by molar-refractivity contribution is -0.155. The van der Waals surface area contributed by atoms with Crippen LogP contribution in [0.4, 0.5) is 0 Å². The highest BCUT2D eigenvalue weighted by atomic mass is 16.6. The van der Waals surface area contributed by atoms with Crippen LogP contribution in [0.25, 0.3) is 0 Å². The first-order chi connectivity index (χ1) is 24.1. The van der Waals surface area contributed by atoms with Crippen molar-refractivity contribution in [1.29, 1.82) is 0 Å². The molecule has 1 fully saturated rings. The molecule has 0 saturated carbocycles. The summed E-state index contributed by atoms with van der Waals surface area (Å²) < 4.78 is 44.0. The number of carbonyl (C=O) groups is 3. The van der Waals surface area contributed by atoms with Gasteiger partial charge in [-0.3, -0.25) is 4.79 Å². The van der Waals surface area contributed by atoms with E-state index in [1.807, 2.05) is 20.8 Å². The maximum atomic E-state index is 12.6. The summed E-state index contributed by atoms with van der Waals surface area (Å²) in [6.07, 6.45) is 2.47. The van der Waals surface area contributed by atoms with E-state index in [1.54, 1.807) is 72.8 Å². The Morgan fingerprint density at radius 2 is 1.12 bits per heavy atom. The van der Waals surface area contributed by atoms with Crippen molar-refractivity contribution in [1.82, 2.24) is 0 Å². The molecule has 0 aromatic heterocycles. The molecule has 3 aromatic rings. The summed E-state index contributed by atoms with van der Waals surface area (Å²) in [5, 5.41) is 0. The summed E-state index contributed by atoms with van der Waals surface area (Å²) in [5.41, 5.74) is 0.378. The van der Waals surface area contributed by atoms with Crippen molar-refractivity contribution in [3.63, 3.8) is 0 Å². The predicted molar refractivity (Wildman–Crippen MR) is 185 cm³/mol. The first-order valence-electron chi connectivity index (χ1n) is 17.0. The average molecular weight is 693 g/mol. The van der Waals surface area contributed by atoms with E-state index < -0.39 is 17.4 Å². The molecule has 270 valence electrons. The van der Waals surface area contributed by atoms with Gasteiger partial charge in [0, 0.05) is 12.0 Å². The van der Waals surface area contributed by atoms with Gasteiger partial charge in [-0.15, -0.1) is 0 Å². The molecule has 0 spiro atoms. The summed E-state index contributed by atoms with van der Waals surface area (Å²) >= 11 is 0. The number of carbonyl (C=O) groups excluding carboxylic acids is 3. The molecule has 50 heavy (non-hydrogen) atoms. The molecule has 11 heteroatoms. The van der Waals surface area contributed by atoms with E-state index in [2.05, 4.69) is 6.92 Å². The predicted octanol–water partition coefficient (Wildman–Crippen LogP) is 6.71. The minimum atomic E-state index is -0.546. The van der Waals surface area contributed by atoms with Crippen molar-refractivity contribution < 1.29 is 52.3 Å². The van der Waals surface area contributed by atoms with Gasteiger partial charge in [-0.05, 0) is 106 Å². The van der Waals surface area contributed by atoms with Crippen LogP contribution in [0.1, 0.15) is 67.7 Å². The van der Waals surface area contributed by atoms with Crippen molar-refractivity contribution in [2.45, 2.75) is 47.0 Å². The van der Waals surface area contributed by atoms with E-state index in [0.29, 0.717) is 67.0 Å². The first-order valence-corrected chi connectivity index (χ1v) is 17.0. The van der Waals surface area contributed by atoms with Gasteiger partial charge < -0.3 is 37.9 Å². The van der Waals surface area contributed by atoms with Gasteiger partial charge in [-0.25, -0.2) is 9.59 Å².